The molecule has 0 unspecified atom stereocenters. The number of methoxy groups -OCH3 is 1. The lowest BCUT2D eigenvalue weighted by molar-refractivity contribution is 0.284. The van der Waals surface area contributed by atoms with Crippen molar-refractivity contribution < 1.29 is 9.47 Å². The maximum atomic E-state index is 6.48. The highest BCUT2D eigenvalue weighted by Gasteiger charge is 2.12. The van der Waals surface area contributed by atoms with Gasteiger partial charge in [0.05, 0.1) is 12.1 Å². The highest BCUT2D eigenvalue weighted by Crippen LogP contribution is 2.37. The van der Waals surface area contributed by atoms with Crippen LogP contribution >= 0.6 is 23.2 Å². The second-order valence-electron chi connectivity index (χ2n) is 6.68. The molecule has 3 nitrogen and oxygen atoms in total. The zero-order chi connectivity index (χ0) is 20.1. The highest BCUT2D eigenvalue weighted by molar-refractivity contribution is 6.32. The van der Waals surface area contributed by atoms with Crippen molar-refractivity contribution >= 4 is 28.9 Å². The summed E-state index contributed by atoms with van der Waals surface area (Å²) >= 11 is 12.4. The molecule has 0 amide bonds. The van der Waals surface area contributed by atoms with Crippen molar-refractivity contribution in [2.24, 2.45) is 0 Å². The predicted octanol–water partition coefficient (Wildman–Crippen LogP) is 6.81. The van der Waals surface area contributed by atoms with E-state index in [2.05, 4.69) is 37.4 Å². The SMILES string of the molecule is COc1cc(CNc2ccc(C)c(C)c2)cc(Cl)c1OCc1ccc(Cl)cc1. The van der Waals surface area contributed by atoms with Crippen LogP contribution in [-0.2, 0) is 13.2 Å². The Morgan fingerprint density at radius 1 is 0.857 bits per heavy atom. The molecule has 0 aliphatic heterocycles. The number of ether oxygens (including phenoxy) is 2. The molecule has 3 aromatic carbocycles. The van der Waals surface area contributed by atoms with Crippen molar-refractivity contribution in [3.63, 3.8) is 0 Å². The first-order valence-corrected chi connectivity index (χ1v) is 9.76. The van der Waals surface area contributed by atoms with Crippen molar-refractivity contribution in [1.82, 2.24) is 0 Å². The van der Waals surface area contributed by atoms with Gasteiger partial charge in [-0.05, 0) is 72.5 Å². The standard InChI is InChI=1S/C23H23Cl2NO2/c1-15-4-9-20(10-16(15)2)26-13-18-11-21(25)23(22(12-18)27-3)28-14-17-5-7-19(24)8-6-17/h4-12,26H,13-14H2,1-3H3. The zero-order valence-electron chi connectivity index (χ0n) is 16.2. The molecule has 0 heterocycles. The zero-order valence-corrected chi connectivity index (χ0v) is 17.7. The molecule has 0 saturated heterocycles. The number of hydrogen-bond acceptors (Lipinski definition) is 3. The summed E-state index contributed by atoms with van der Waals surface area (Å²) in [5.74, 6) is 1.15. The number of rotatable bonds is 7. The average Bonchev–Trinajstić information content (AvgIpc) is 2.69. The maximum Gasteiger partial charge on any atom is 0.180 e. The van der Waals surface area contributed by atoms with Gasteiger partial charge in [0.2, 0.25) is 0 Å². The number of aryl methyl sites for hydroxylation is 2. The first-order chi connectivity index (χ1) is 13.5. The van der Waals surface area contributed by atoms with Gasteiger partial charge in [0, 0.05) is 17.3 Å². The Morgan fingerprint density at radius 3 is 2.29 bits per heavy atom. The van der Waals surface area contributed by atoms with Crippen molar-refractivity contribution in [3.05, 3.63) is 86.9 Å². The van der Waals surface area contributed by atoms with Gasteiger partial charge >= 0.3 is 0 Å². The number of nitrogens with one attached hydrogen (secondary N) is 1. The molecule has 0 atom stereocenters. The molecule has 0 fully saturated rings. The van der Waals surface area contributed by atoms with Crippen LogP contribution in [0, 0.1) is 13.8 Å². The smallest absolute Gasteiger partial charge is 0.180 e. The molecule has 3 aromatic rings. The van der Waals surface area contributed by atoms with Crippen LogP contribution in [0.4, 0.5) is 5.69 Å². The van der Waals surface area contributed by atoms with Crippen molar-refractivity contribution in [2.75, 3.05) is 12.4 Å². The van der Waals surface area contributed by atoms with Crippen LogP contribution < -0.4 is 14.8 Å². The first-order valence-electron chi connectivity index (χ1n) is 9.01. The summed E-state index contributed by atoms with van der Waals surface area (Å²) in [6, 6.07) is 17.7. The molecule has 28 heavy (non-hydrogen) atoms. The quantitative estimate of drug-likeness (QED) is 0.459. The summed E-state index contributed by atoms with van der Waals surface area (Å²) in [5, 5.41) is 4.64. The van der Waals surface area contributed by atoms with Gasteiger partial charge in [0.15, 0.2) is 11.5 Å². The second-order valence-corrected chi connectivity index (χ2v) is 7.52. The Balaban J connectivity index is 1.71. The molecule has 3 rings (SSSR count). The van der Waals surface area contributed by atoms with E-state index in [0.717, 1.165) is 16.8 Å². The molecule has 1 N–H and O–H groups in total. The first kappa shape index (κ1) is 20.4. The monoisotopic (exact) mass is 415 g/mol. The van der Waals surface area contributed by atoms with E-state index in [4.69, 9.17) is 32.7 Å². The predicted molar refractivity (Wildman–Crippen MR) is 117 cm³/mol. The third-order valence-corrected chi connectivity index (χ3v) is 5.12. The van der Waals surface area contributed by atoms with Gasteiger partial charge in [0.25, 0.3) is 0 Å². The van der Waals surface area contributed by atoms with E-state index >= 15 is 0 Å². The fourth-order valence-corrected chi connectivity index (χ4v) is 3.22. The van der Waals surface area contributed by atoms with Gasteiger partial charge in [0.1, 0.15) is 6.61 Å². The van der Waals surface area contributed by atoms with Gasteiger partial charge in [-0.15, -0.1) is 0 Å². The maximum absolute atomic E-state index is 6.48. The Bertz CT molecular complexity index is 956. The highest BCUT2D eigenvalue weighted by atomic mass is 35.5. The van der Waals surface area contributed by atoms with Gasteiger partial charge < -0.3 is 14.8 Å². The number of benzene rings is 3. The molecule has 0 aliphatic rings. The lowest BCUT2D eigenvalue weighted by Gasteiger charge is -2.15. The van der Waals surface area contributed by atoms with Crippen LogP contribution in [0.2, 0.25) is 10.0 Å². The summed E-state index contributed by atoms with van der Waals surface area (Å²) in [5.41, 5.74) is 5.62. The van der Waals surface area contributed by atoms with Gasteiger partial charge in [-0.3, -0.25) is 0 Å². The second kappa shape index (κ2) is 9.22. The number of hydrogen-bond donors (Lipinski definition) is 1. The van der Waals surface area contributed by atoms with Crippen LogP contribution in [0.5, 0.6) is 11.5 Å². The molecular weight excluding hydrogens is 393 g/mol. The lowest BCUT2D eigenvalue weighted by atomic mass is 10.1. The fourth-order valence-electron chi connectivity index (χ4n) is 2.81. The lowest BCUT2D eigenvalue weighted by Crippen LogP contribution is -2.03. The van der Waals surface area contributed by atoms with E-state index in [1.54, 1.807) is 7.11 Å². The topological polar surface area (TPSA) is 30.5 Å². The average molecular weight is 416 g/mol. The minimum Gasteiger partial charge on any atom is -0.493 e. The van der Waals surface area contributed by atoms with Gasteiger partial charge in [-0.1, -0.05) is 41.4 Å². The molecule has 0 aliphatic carbocycles. The van der Waals surface area contributed by atoms with Gasteiger partial charge in [-0.2, -0.15) is 0 Å². The Kier molecular flexibility index (Phi) is 6.71. The summed E-state index contributed by atoms with van der Waals surface area (Å²) in [6.07, 6.45) is 0. The molecule has 0 saturated carbocycles. The number of halogens is 2. The van der Waals surface area contributed by atoms with E-state index in [-0.39, 0.29) is 0 Å². The molecule has 5 heteroatoms. The summed E-state index contributed by atoms with van der Waals surface area (Å²) in [6.45, 7) is 5.23. The van der Waals surface area contributed by atoms with E-state index in [1.165, 1.54) is 11.1 Å². The minimum atomic E-state index is 0.382. The normalized spacial score (nSPS) is 10.6. The third kappa shape index (κ3) is 5.12. The molecule has 146 valence electrons. The summed E-state index contributed by atoms with van der Waals surface area (Å²) < 4.78 is 11.4. The van der Waals surface area contributed by atoms with Crippen molar-refractivity contribution in [3.8, 4) is 11.5 Å². The van der Waals surface area contributed by atoms with Crippen LogP contribution in [0.1, 0.15) is 22.3 Å². The molecule has 0 aromatic heterocycles. The largest absolute Gasteiger partial charge is 0.493 e. The van der Waals surface area contributed by atoms with E-state index < -0.39 is 0 Å². The Hall–Kier alpha value is -2.36. The van der Waals surface area contributed by atoms with E-state index in [0.29, 0.717) is 34.7 Å². The fraction of sp³-hybridized carbons (Fsp3) is 0.217. The Morgan fingerprint density at radius 2 is 1.61 bits per heavy atom. The van der Waals surface area contributed by atoms with Crippen LogP contribution in [-0.4, -0.2) is 7.11 Å². The van der Waals surface area contributed by atoms with Crippen LogP contribution in [0.25, 0.3) is 0 Å². The molecular formula is C23H23Cl2NO2. The van der Waals surface area contributed by atoms with Crippen LogP contribution in [0.3, 0.4) is 0 Å². The van der Waals surface area contributed by atoms with Crippen molar-refractivity contribution in [1.29, 1.82) is 0 Å². The molecule has 0 radical (unpaired) electrons. The molecule has 0 spiro atoms. The van der Waals surface area contributed by atoms with Crippen molar-refractivity contribution in [2.45, 2.75) is 27.0 Å². The van der Waals surface area contributed by atoms with E-state index in [1.807, 2.05) is 36.4 Å². The minimum absolute atomic E-state index is 0.382. The summed E-state index contributed by atoms with van der Waals surface area (Å²) in [4.78, 5) is 0. The number of anilines is 1. The van der Waals surface area contributed by atoms with Gasteiger partial charge in [-0.25, -0.2) is 0 Å². The molecule has 0 bridgehead atoms. The van der Waals surface area contributed by atoms with Crippen LogP contribution in [0.15, 0.2) is 54.6 Å². The van der Waals surface area contributed by atoms with E-state index in [9.17, 15) is 0 Å². The Labute approximate surface area is 176 Å². The summed E-state index contributed by atoms with van der Waals surface area (Å²) in [7, 11) is 1.61. The third-order valence-electron chi connectivity index (χ3n) is 4.59.